The number of hydrogen-bond acceptors (Lipinski definition) is 11. The van der Waals surface area contributed by atoms with Crippen LogP contribution in [0.3, 0.4) is 0 Å². The first-order valence-electron chi connectivity index (χ1n) is 17.1. The maximum atomic E-state index is 14.2. The molecule has 3 saturated heterocycles. The van der Waals surface area contributed by atoms with Crippen molar-refractivity contribution >= 4 is 11.8 Å². The van der Waals surface area contributed by atoms with Crippen molar-refractivity contribution in [2.45, 2.75) is 129 Å². The second-order valence-electron chi connectivity index (χ2n) is 14.9. The third kappa shape index (κ3) is 9.25. The van der Waals surface area contributed by atoms with Gasteiger partial charge in [0.15, 0.2) is 12.1 Å². The predicted molar refractivity (Wildman–Crippen MR) is 173 cm³/mol. The third-order valence-electron chi connectivity index (χ3n) is 10.6. The number of cyclic esters (lactones) is 1. The molecule has 0 aromatic heterocycles. The van der Waals surface area contributed by atoms with E-state index >= 15 is 0 Å². The van der Waals surface area contributed by atoms with Gasteiger partial charge in [0, 0.05) is 32.2 Å². The van der Waals surface area contributed by atoms with Crippen LogP contribution in [0.25, 0.3) is 0 Å². The Kier molecular flexibility index (Phi) is 13.8. The van der Waals surface area contributed by atoms with Crippen LogP contribution >= 0.6 is 0 Å². The summed E-state index contributed by atoms with van der Waals surface area (Å²) in [5.74, 6) is -1.70. The molecule has 0 aromatic carbocycles. The zero-order chi connectivity index (χ0) is 33.7. The molecule has 3 rings (SSSR count). The largest absolute Gasteiger partial charge is 0.463 e. The molecule has 0 amide bonds. The summed E-state index contributed by atoms with van der Waals surface area (Å²) in [7, 11) is 5.45. The van der Waals surface area contributed by atoms with Crippen molar-refractivity contribution < 1.29 is 38.7 Å². The molecule has 2 N–H and O–H groups in total. The number of nitrogens with zero attached hydrogens (tertiary/aromatic N) is 3. The van der Waals surface area contributed by atoms with Crippen molar-refractivity contribution in [3.05, 3.63) is 0 Å². The van der Waals surface area contributed by atoms with Crippen LogP contribution in [-0.4, -0.2) is 146 Å². The van der Waals surface area contributed by atoms with Crippen molar-refractivity contribution in [3.8, 4) is 0 Å². The van der Waals surface area contributed by atoms with Gasteiger partial charge in [-0.3, -0.25) is 14.5 Å². The monoisotopic (exact) mass is 641 g/mol. The molecule has 0 bridgehead atoms. The van der Waals surface area contributed by atoms with Gasteiger partial charge in [-0.2, -0.15) is 0 Å². The lowest BCUT2D eigenvalue weighted by molar-refractivity contribution is -0.295. The number of rotatable bonds is 9. The Balaban J connectivity index is 1.96. The van der Waals surface area contributed by atoms with Crippen molar-refractivity contribution in [1.29, 1.82) is 0 Å². The molecule has 3 heterocycles. The summed E-state index contributed by atoms with van der Waals surface area (Å²) in [6.07, 6.45) is 0.475. The van der Waals surface area contributed by atoms with E-state index < -0.39 is 53.5 Å². The number of aliphatic hydroxyl groups is 2. The van der Waals surface area contributed by atoms with E-state index in [0.29, 0.717) is 32.4 Å². The maximum absolute atomic E-state index is 14.2. The smallest absolute Gasteiger partial charge is 0.319 e. The van der Waals surface area contributed by atoms with Gasteiger partial charge < -0.3 is 39.0 Å². The number of likely N-dealkylation sites (N-methyl/N-ethyl adjacent to an activating group) is 2. The Morgan fingerprint density at radius 2 is 1.76 bits per heavy atom. The summed E-state index contributed by atoms with van der Waals surface area (Å²) in [4.78, 5) is 34.4. The van der Waals surface area contributed by atoms with Gasteiger partial charge in [-0.25, -0.2) is 0 Å². The molecular weight excluding hydrogens is 578 g/mol. The van der Waals surface area contributed by atoms with Gasteiger partial charge in [0.2, 0.25) is 0 Å². The van der Waals surface area contributed by atoms with Crippen molar-refractivity contribution in [3.63, 3.8) is 0 Å². The maximum Gasteiger partial charge on any atom is 0.319 e. The van der Waals surface area contributed by atoms with Gasteiger partial charge >= 0.3 is 5.97 Å². The molecular formula is C34H63N3O8. The minimum absolute atomic E-state index is 0.000948. The zero-order valence-corrected chi connectivity index (χ0v) is 29.7. The van der Waals surface area contributed by atoms with Gasteiger partial charge in [-0.15, -0.1) is 0 Å². The molecule has 3 aliphatic rings. The summed E-state index contributed by atoms with van der Waals surface area (Å²) in [6.45, 7) is 17.2. The van der Waals surface area contributed by atoms with E-state index in [0.717, 1.165) is 19.6 Å². The number of methoxy groups -OCH3 is 1. The predicted octanol–water partition coefficient (Wildman–Crippen LogP) is 2.55. The number of carbonyl (C=O) groups is 2. The number of Topliss-reactive ketones (excluding diaryl/α,β-unsaturated/α-hetero) is 1. The van der Waals surface area contributed by atoms with Crippen LogP contribution in [0.2, 0.25) is 0 Å². The highest BCUT2D eigenvalue weighted by Gasteiger charge is 2.51. The normalized spacial score (nSPS) is 38.8. The lowest BCUT2D eigenvalue weighted by Gasteiger charge is -2.47. The van der Waals surface area contributed by atoms with Gasteiger partial charge in [0.05, 0.1) is 30.0 Å². The van der Waals surface area contributed by atoms with E-state index in [2.05, 4.69) is 16.7 Å². The summed E-state index contributed by atoms with van der Waals surface area (Å²) in [5, 5.41) is 22.8. The molecule has 0 spiro atoms. The molecule has 45 heavy (non-hydrogen) atoms. The second-order valence-corrected chi connectivity index (χ2v) is 14.9. The molecule has 10 atom stereocenters. The fourth-order valence-electron chi connectivity index (χ4n) is 7.68. The average molecular weight is 642 g/mol. The lowest BCUT2D eigenvalue weighted by atomic mass is 9.74. The summed E-state index contributed by atoms with van der Waals surface area (Å²) in [5.41, 5.74) is -2.45. The number of aliphatic hydroxyl groups excluding tert-OH is 2. The first-order chi connectivity index (χ1) is 21.0. The van der Waals surface area contributed by atoms with Crippen LogP contribution in [0.4, 0.5) is 0 Å². The number of esters is 1. The van der Waals surface area contributed by atoms with Crippen LogP contribution in [0.5, 0.6) is 0 Å². The Hall–Kier alpha value is -1.18. The minimum atomic E-state index is -1.48. The van der Waals surface area contributed by atoms with Crippen molar-refractivity contribution in [2.75, 3.05) is 60.5 Å². The first kappa shape index (κ1) is 38.3. The number of carbonyl (C=O) groups excluding carboxylic acids is 2. The molecule has 0 aliphatic carbocycles. The fourth-order valence-corrected chi connectivity index (χ4v) is 7.68. The Morgan fingerprint density at radius 1 is 1.11 bits per heavy atom. The van der Waals surface area contributed by atoms with Gasteiger partial charge in [-0.05, 0) is 99.4 Å². The molecule has 0 radical (unpaired) electrons. The standard InChI is InChI=1S/C34H63N3O8/c1-11-37-20-22(2)19-34(7,42-10)30(45-31-28(39)25(35(8)9)18-23(3)44-31)24(4)29(40)33(5,6)32(41)43-21-26(37)27(38)14-17-36-15-12-13-16-36/h22-28,30-31,38-39H,11-21H2,1-10H3/t22-,23-,24+,25+,26+,27-,28-,30-,31+,34-/m1/s1. The first-order valence-corrected chi connectivity index (χ1v) is 17.1. The van der Waals surface area contributed by atoms with Crippen LogP contribution in [0.1, 0.15) is 80.6 Å². The number of ether oxygens (including phenoxy) is 4. The molecule has 0 saturated carbocycles. The second kappa shape index (κ2) is 16.3. The molecule has 11 nitrogen and oxygen atoms in total. The highest BCUT2D eigenvalue weighted by Crippen LogP contribution is 2.38. The van der Waals surface area contributed by atoms with Crippen molar-refractivity contribution in [2.24, 2.45) is 17.3 Å². The lowest BCUT2D eigenvalue weighted by Crippen LogP contribution is -2.59. The zero-order valence-electron chi connectivity index (χ0n) is 29.7. The SMILES string of the molecule is CCN1C[C@H](C)C[C@@](C)(OC)[C@H](O[C@@H]2O[C@H](C)C[C@H](N(C)C)[C@H]2O)[C@@H](C)C(=O)C(C)(C)C(=O)OC[C@H]1[C@H](O)CCN1CCCC1. The number of likely N-dealkylation sites (tertiary alicyclic amines) is 1. The Bertz CT molecular complexity index is 960. The topological polar surface area (TPSA) is 121 Å². The van der Waals surface area contributed by atoms with E-state index in [1.165, 1.54) is 12.8 Å². The van der Waals surface area contributed by atoms with Crippen molar-refractivity contribution in [1.82, 2.24) is 14.7 Å². The van der Waals surface area contributed by atoms with E-state index in [4.69, 9.17) is 18.9 Å². The van der Waals surface area contributed by atoms with Crippen LogP contribution in [0, 0.1) is 17.3 Å². The molecule has 3 fully saturated rings. The van der Waals surface area contributed by atoms with E-state index in [9.17, 15) is 19.8 Å². The number of ketones is 1. The molecule has 262 valence electrons. The van der Waals surface area contributed by atoms with Crippen LogP contribution in [-0.2, 0) is 28.5 Å². The van der Waals surface area contributed by atoms with Crippen LogP contribution < -0.4 is 0 Å². The summed E-state index contributed by atoms with van der Waals surface area (Å²) < 4.78 is 24.9. The Labute approximate surface area is 271 Å². The third-order valence-corrected chi connectivity index (χ3v) is 10.6. The number of hydrogen-bond donors (Lipinski definition) is 2. The molecule has 3 aliphatic heterocycles. The van der Waals surface area contributed by atoms with E-state index in [1.807, 2.05) is 39.8 Å². The summed E-state index contributed by atoms with van der Waals surface area (Å²) >= 11 is 0. The highest BCUT2D eigenvalue weighted by atomic mass is 16.7. The summed E-state index contributed by atoms with van der Waals surface area (Å²) in [6, 6.07) is -0.602. The highest BCUT2D eigenvalue weighted by molar-refractivity contribution is 6.04. The molecule has 0 aromatic rings. The van der Waals surface area contributed by atoms with E-state index in [1.54, 1.807) is 27.9 Å². The minimum Gasteiger partial charge on any atom is -0.463 e. The molecule has 11 heteroatoms. The Morgan fingerprint density at radius 3 is 2.33 bits per heavy atom. The van der Waals surface area contributed by atoms with Crippen LogP contribution in [0.15, 0.2) is 0 Å². The average Bonchev–Trinajstić information content (AvgIpc) is 3.51. The fraction of sp³-hybridized carbons (Fsp3) is 0.941. The van der Waals surface area contributed by atoms with Gasteiger partial charge in [0.1, 0.15) is 18.1 Å². The quantitative estimate of drug-likeness (QED) is 0.286. The molecule has 0 unspecified atom stereocenters. The van der Waals surface area contributed by atoms with E-state index in [-0.39, 0.29) is 30.5 Å². The van der Waals surface area contributed by atoms with Gasteiger partial charge in [0.25, 0.3) is 0 Å². The van der Waals surface area contributed by atoms with Gasteiger partial charge in [-0.1, -0.05) is 20.8 Å².